The van der Waals surface area contributed by atoms with Crippen molar-refractivity contribution in [3.8, 4) is 0 Å². The second kappa shape index (κ2) is 3.78. The molecular formula is C10H15NOS. The van der Waals surface area contributed by atoms with Crippen molar-refractivity contribution in [3.05, 3.63) is 21.9 Å². The fourth-order valence-corrected chi connectivity index (χ4v) is 2.68. The number of hydrogen-bond donors (Lipinski definition) is 1. The van der Waals surface area contributed by atoms with Crippen LogP contribution in [0.2, 0.25) is 0 Å². The predicted octanol–water partition coefficient (Wildman–Crippen LogP) is 1.62. The van der Waals surface area contributed by atoms with E-state index in [2.05, 4.69) is 24.0 Å². The molecule has 0 unspecified atom stereocenters. The standard InChI is InChI=1S/C10H15NOS/c1-8-2-3-10(13-8)7-11-5-4-9(12)6-11/h2-3,9,12H,4-7H2,1H3/t9-/m1/s1. The zero-order chi connectivity index (χ0) is 9.26. The van der Waals surface area contributed by atoms with Crippen molar-refractivity contribution >= 4 is 11.3 Å². The second-order valence-electron chi connectivity index (χ2n) is 3.69. The Hall–Kier alpha value is -0.380. The third kappa shape index (κ3) is 2.30. The monoisotopic (exact) mass is 197 g/mol. The van der Waals surface area contributed by atoms with Crippen LogP contribution >= 0.6 is 11.3 Å². The highest BCUT2D eigenvalue weighted by atomic mass is 32.1. The van der Waals surface area contributed by atoms with Crippen LogP contribution in [-0.2, 0) is 6.54 Å². The van der Waals surface area contributed by atoms with Gasteiger partial charge in [-0.15, -0.1) is 11.3 Å². The lowest BCUT2D eigenvalue weighted by atomic mass is 10.3. The Balaban J connectivity index is 1.91. The van der Waals surface area contributed by atoms with Gasteiger partial charge in [-0.25, -0.2) is 0 Å². The maximum absolute atomic E-state index is 9.34. The van der Waals surface area contributed by atoms with Crippen LogP contribution in [0.1, 0.15) is 16.2 Å². The SMILES string of the molecule is Cc1ccc(CN2CC[C@@H](O)C2)s1. The quantitative estimate of drug-likeness (QED) is 0.779. The highest BCUT2D eigenvalue weighted by Crippen LogP contribution is 2.19. The molecule has 2 nitrogen and oxygen atoms in total. The van der Waals surface area contributed by atoms with Gasteiger partial charge in [-0.3, -0.25) is 4.90 Å². The number of β-amino-alcohol motifs (C(OH)–C–C–N with tert-alkyl or cyclic N) is 1. The molecule has 0 aromatic carbocycles. The average molecular weight is 197 g/mol. The summed E-state index contributed by atoms with van der Waals surface area (Å²) in [5, 5.41) is 9.34. The smallest absolute Gasteiger partial charge is 0.0679 e. The predicted molar refractivity (Wildman–Crippen MR) is 55.0 cm³/mol. The number of aliphatic hydroxyl groups excluding tert-OH is 1. The molecule has 1 aliphatic rings. The van der Waals surface area contributed by atoms with Crippen LogP contribution < -0.4 is 0 Å². The summed E-state index contributed by atoms with van der Waals surface area (Å²) in [4.78, 5) is 5.09. The number of aryl methyl sites for hydroxylation is 1. The van der Waals surface area contributed by atoms with Crippen molar-refractivity contribution < 1.29 is 5.11 Å². The summed E-state index contributed by atoms with van der Waals surface area (Å²) in [5.41, 5.74) is 0. The van der Waals surface area contributed by atoms with Crippen LogP contribution in [0.25, 0.3) is 0 Å². The second-order valence-corrected chi connectivity index (χ2v) is 5.06. The van der Waals surface area contributed by atoms with E-state index in [-0.39, 0.29) is 6.10 Å². The van der Waals surface area contributed by atoms with Crippen molar-refractivity contribution in [1.29, 1.82) is 0 Å². The topological polar surface area (TPSA) is 23.5 Å². The fraction of sp³-hybridized carbons (Fsp3) is 0.600. The first kappa shape index (κ1) is 9.19. The zero-order valence-electron chi connectivity index (χ0n) is 7.86. The van der Waals surface area contributed by atoms with Crippen LogP contribution in [0.3, 0.4) is 0 Å². The van der Waals surface area contributed by atoms with Gasteiger partial charge in [0.1, 0.15) is 0 Å². The maximum atomic E-state index is 9.34. The van der Waals surface area contributed by atoms with Crippen molar-refractivity contribution in [2.45, 2.75) is 26.0 Å². The summed E-state index contributed by atoms with van der Waals surface area (Å²) in [6.45, 7) is 5.03. The van der Waals surface area contributed by atoms with Crippen molar-refractivity contribution in [2.24, 2.45) is 0 Å². The molecule has 3 heteroatoms. The minimum absolute atomic E-state index is 0.0962. The van der Waals surface area contributed by atoms with Crippen LogP contribution in [0.4, 0.5) is 0 Å². The largest absolute Gasteiger partial charge is 0.392 e. The van der Waals surface area contributed by atoms with Gasteiger partial charge in [-0.2, -0.15) is 0 Å². The number of likely N-dealkylation sites (tertiary alicyclic amines) is 1. The highest BCUT2D eigenvalue weighted by molar-refractivity contribution is 7.11. The lowest BCUT2D eigenvalue weighted by molar-refractivity contribution is 0.175. The lowest BCUT2D eigenvalue weighted by Crippen LogP contribution is -2.20. The molecule has 72 valence electrons. The number of hydrogen-bond acceptors (Lipinski definition) is 3. The van der Waals surface area contributed by atoms with Crippen LogP contribution in [0.15, 0.2) is 12.1 Å². The number of thiophene rings is 1. The van der Waals surface area contributed by atoms with Gasteiger partial charge < -0.3 is 5.11 Å². The van der Waals surface area contributed by atoms with Gasteiger partial charge in [-0.05, 0) is 25.5 Å². The molecule has 1 N–H and O–H groups in total. The summed E-state index contributed by atoms with van der Waals surface area (Å²) in [7, 11) is 0. The first-order valence-corrected chi connectivity index (χ1v) is 5.51. The Morgan fingerprint density at radius 3 is 3.00 bits per heavy atom. The molecule has 0 spiro atoms. The van der Waals surface area contributed by atoms with E-state index >= 15 is 0 Å². The molecule has 2 rings (SSSR count). The van der Waals surface area contributed by atoms with Gasteiger partial charge in [0.25, 0.3) is 0 Å². The highest BCUT2D eigenvalue weighted by Gasteiger charge is 2.20. The van der Waals surface area contributed by atoms with E-state index in [4.69, 9.17) is 0 Å². The molecule has 13 heavy (non-hydrogen) atoms. The molecular weight excluding hydrogens is 182 g/mol. The number of rotatable bonds is 2. The van der Waals surface area contributed by atoms with Crippen LogP contribution in [-0.4, -0.2) is 29.2 Å². The number of aliphatic hydroxyl groups is 1. The van der Waals surface area contributed by atoms with Crippen LogP contribution in [0.5, 0.6) is 0 Å². The third-order valence-corrected chi connectivity index (χ3v) is 3.41. The molecule has 1 aromatic rings. The Kier molecular flexibility index (Phi) is 2.67. The Morgan fingerprint density at radius 1 is 1.62 bits per heavy atom. The average Bonchev–Trinajstić information content (AvgIpc) is 2.62. The summed E-state index contributed by atoms with van der Waals surface area (Å²) >= 11 is 1.85. The molecule has 0 saturated carbocycles. The van der Waals surface area contributed by atoms with E-state index in [1.165, 1.54) is 9.75 Å². The van der Waals surface area contributed by atoms with Crippen molar-refractivity contribution in [3.63, 3.8) is 0 Å². The third-order valence-electron chi connectivity index (χ3n) is 2.42. The molecule has 0 radical (unpaired) electrons. The van der Waals surface area contributed by atoms with E-state index in [9.17, 15) is 5.11 Å². The van der Waals surface area contributed by atoms with E-state index in [1.54, 1.807) is 0 Å². The van der Waals surface area contributed by atoms with Gasteiger partial charge >= 0.3 is 0 Å². The first-order chi connectivity index (χ1) is 6.24. The van der Waals surface area contributed by atoms with E-state index in [0.717, 1.165) is 26.1 Å². The lowest BCUT2D eigenvalue weighted by Gasteiger charge is -2.12. The van der Waals surface area contributed by atoms with Crippen molar-refractivity contribution in [2.75, 3.05) is 13.1 Å². The van der Waals surface area contributed by atoms with Gasteiger partial charge in [0, 0.05) is 29.4 Å². The summed E-state index contributed by atoms with van der Waals surface area (Å²) < 4.78 is 0. The Labute approximate surface area is 82.8 Å². The minimum atomic E-state index is -0.0962. The van der Waals surface area contributed by atoms with Gasteiger partial charge in [0.15, 0.2) is 0 Å². The molecule has 1 fully saturated rings. The number of nitrogens with zero attached hydrogens (tertiary/aromatic N) is 1. The van der Waals surface area contributed by atoms with Crippen molar-refractivity contribution in [1.82, 2.24) is 4.90 Å². The van der Waals surface area contributed by atoms with Crippen LogP contribution in [0, 0.1) is 6.92 Å². The zero-order valence-corrected chi connectivity index (χ0v) is 8.68. The fourth-order valence-electron chi connectivity index (χ4n) is 1.75. The van der Waals surface area contributed by atoms with E-state index in [1.807, 2.05) is 11.3 Å². The minimum Gasteiger partial charge on any atom is -0.392 e. The van der Waals surface area contributed by atoms with Gasteiger partial charge in [-0.1, -0.05) is 0 Å². The molecule has 0 amide bonds. The van der Waals surface area contributed by atoms with E-state index < -0.39 is 0 Å². The maximum Gasteiger partial charge on any atom is 0.0679 e. The molecule has 1 aliphatic heterocycles. The Morgan fingerprint density at radius 2 is 2.46 bits per heavy atom. The van der Waals surface area contributed by atoms with Gasteiger partial charge in [0.05, 0.1) is 6.10 Å². The van der Waals surface area contributed by atoms with E-state index in [0.29, 0.717) is 0 Å². The molecule has 1 atom stereocenters. The molecule has 0 bridgehead atoms. The molecule has 2 heterocycles. The summed E-state index contributed by atoms with van der Waals surface area (Å²) in [6.07, 6.45) is 0.839. The molecule has 0 aliphatic carbocycles. The summed E-state index contributed by atoms with van der Waals surface area (Å²) in [6, 6.07) is 4.34. The molecule has 1 saturated heterocycles. The molecule has 1 aromatic heterocycles. The normalized spacial score (nSPS) is 24.0. The Bertz CT molecular complexity index is 284. The first-order valence-electron chi connectivity index (χ1n) is 4.70. The van der Waals surface area contributed by atoms with Gasteiger partial charge in [0.2, 0.25) is 0 Å². The summed E-state index contributed by atoms with van der Waals surface area (Å²) in [5.74, 6) is 0.